The van der Waals surface area contributed by atoms with Crippen LogP contribution in [0.25, 0.3) is 11.3 Å². The zero-order valence-corrected chi connectivity index (χ0v) is 19.4. The van der Waals surface area contributed by atoms with E-state index in [0.717, 1.165) is 38.5 Å². The molecule has 1 aliphatic heterocycles. The number of hydrogen-bond acceptors (Lipinski definition) is 3. The summed E-state index contributed by atoms with van der Waals surface area (Å²) in [5, 5.41) is 7.91. The highest BCUT2D eigenvalue weighted by molar-refractivity contribution is 9.10. The predicted octanol–water partition coefficient (Wildman–Crippen LogP) is 8.37. The molecule has 0 N–H and O–H groups in total. The van der Waals surface area contributed by atoms with E-state index in [1.54, 1.807) is 6.07 Å². The zero-order chi connectivity index (χ0) is 21.4. The molecule has 1 atom stereocenters. The van der Waals surface area contributed by atoms with Crippen LogP contribution in [-0.4, -0.2) is 5.71 Å². The Kier molecular flexibility index (Phi) is 5.61. The molecular formula is C25H17BrCl2N2O. The molecule has 1 unspecified atom stereocenters. The Morgan fingerprint density at radius 3 is 2.42 bits per heavy atom. The summed E-state index contributed by atoms with van der Waals surface area (Å²) >= 11 is 16.1. The van der Waals surface area contributed by atoms with Gasteiger partial charge in [0.2, 0.25) is 0 Å². The van der Waals surface area contributed by atoms with Crippen LogP contribution in [0.3, 0.4) is 0 Å². The third-order valence-electron chi connectivity index (χ3n) is 5.28. The van der Waals surface area contributed by atoms with Crippen molar-refractivity contribution < 1.29 is 4.42 Å². The number of benzene rings is 3. The summed E-state index contributed by atoms with van der Waals surface area (Å²) in [5.41, 5.74) is 3.96. The summed E-state index contributed by atoms with van der Waals surface area (Å²) < 4.78 is 7.31. The van der Waals surface area contributed by atoms with Crippen LogP contribution in [0.2, 0.25) is 10.0 Å². The van der Waals surface area contributed by atoms with Gasteiger partial charge in [0.05, 0.1) is 21.4 Å². The minimum Gasteiger partial charge on any atom is -0.459 e. The fourth-order valence-corrected chi connectivity index (χ4v) is 4.51. The molecule has 1 aliphatic rings. The van der Waals surface area contributed by atoms with Crippen molar-refractivity contribution in [2.75, 3.05) is 5.01 Å². The highest BCUT2D eigenvalue weighted by Crippen LogP contribution is 2.41. The second-order valence-electron chi connectivity index (χ2n) is 7.26. The van der Waals surface area contributed by atoms with E-state index >= 15 is 0 Å². The van der Waals surface area contributed by atoms with Crippen molar-refractivity contribution in [3.05, 3.63) is 111 Å². The minimum atomic E-state index is -0.0938. The van der Waals surface area contributed by atoms with Crippen molar-refractivity contribution in [3.8, 4) is 11.3 Å². The molecule has 154 valence electrons. The maximum absolute atomic E-state index is 6.32. The molecule has 0 aliphatic carbocycles. The molecule has 0 fully saturated rings. The van der Waals surface area contributed by atoms with Gasteiger partial charge in [0.1, 0.15) is 17.6 Å². The fraction of sp³-hybridized carbons (Fsp3) is 0.0800. The van der Waals surface area contributed by atoms with Crippen molar-refractivity contribution in [2.45, 2.75) is 12.5 Å². The molecule has 0 saturated heterocycles. The van der Waals surface area contributed by atoms with Crippen LogP contribution in [-0.2, 0) is 0 Å². The fourth-order valence-electron chi connectivity index (χ4n) is 3.74. The Hall–Kier alpha value is -2.53. The standard InChI is InChI=1S/C25H17BrCl2N2O/c26-19-9-5-4-8-18(19)24-12-13-25(31-24)23-15-22(16-6-2-1-3-7-16)29-30(23)17-10-11-20(27)21(28)14-17/h1-14,23H,15H2. The van der Waals surface area contributed by atoms with Gasteiger partial charge in [-0.15, -0.1) is 0 Å². The van der Waals surface area contributed by atoms with Gasteiger partial charge in [0.15, 0.2) is 0 Å². The molecule has 0 saturated carbocycles. The molecule has 0 spiro atoms. The third-order valence-corrected chi connectivity index (χ3v) is 6.71. The first-order chi connectivity index (χ1) is 15.1. The number of nitrogens with zero attached hydrogens (tertiary/aromatic N) is 2. The van der Waals surface area contributed by atoms with E-state index in [1.165, 1.54) is 0 Å². The number of rotatable bonds is 4. The number of anilines is 1. The maximum atomic E-state index is 6.32. The first-order valence-electron chi connectivity index (χ1n) is 9.82. The summed E-state index contributed by atoms with van der Waals surface area (Å²) in [6.45, 7) is 0. The molecule has 31 heavy (non-hydrogen) atoms. The van der Waals surface area contributed by atoms with Crippen LogP contribution in [0.15, 0.2) is 98.9 Å². The lowest BCUT2D eigenvalue weighted by molar-refractivity contribution is 0.475. The zero-order valence-electron chi connectivity index (χ0n) is 16.3. The number of halogens is 3. The van der Waals surface area contributed by atoms with E-state index in [9.17, 15) is 0 Å². The van der Waals surface area contributed by atoms with Crippen LogP contribution in [0.5, 0.6) is 0 Å². The van der Waals surface area contributed by atoms with Gasteiger partial charge in [0.25, 0.3) is 0 Å². The van der Waals surface area contributed by atoms with Crippen molar-refractivity contribution in [3.63, 3.8) is 0 Å². The Morgan fingerprint density at radius 1 is 0.871 bits per heavy atom. The van der Waals surface area contributed by atoms with Gasteiger partial charge in [-0.1, -0.05) is 87.7 Å². The minimum absolute atomic E-state index is 0.0938. The smallest absolute Gasteiger partial charge is 0.135 e. The molecule has 2 heterocycles. The topological polar surface area (TPSA) is 28.7 Å². The van der Waals surface area contributed by atoms with E-state index in [4.69, 9.17) is 32.7 Å². The van der Waals surface area contributed by atoms with E-state index in [0.29, 0.717) is 16.5 Å². The van der Waals surface area contributed by atoms with Crippen molar-refractivity contribution in [2.24, 2.45) is 5.10 Å². The number of hydrazone groups is 1. The molecule has 3 nitrogen and oxygen atoms in total. The highest BCUT2D eigenvalue weighted by Gasteiger charge is 2.32. The molecule has 4 aromatic rings. The summed E-state index contributed by atoms with van der Waals surface area (Å²) in [6, 6.07) is 27.7. The second-order valence-corrected chi connectivity index (χ2v) is 8.93. The Balaban J connectivity index is 1.55. The van der Waals surface area contributed by atoms with Crippen LogP contribution in [0.1, 0.15) is 23.8 Å². The van der Waals surface area contributed by atoms with Gasteiger partial charge in [-0.25, -0.2) is 0 Å². The number of hydrogen-bond donors (Lipinski definition) is 0. The third kappa shape index (κ3) is 4.03. The van der Waals surface area contributed by atoms with Gasteiger partial charge >= 0.3 is 0 Å². The Labute approximate surface area is 199 Å². The van der Waals surface area contributed by atoms with E-state index in [-0.39, 0.29) is 6.04 Å². The van der Waals surface area contributed by atoms with E-state index in [2.05, 4.69) is 28.1 Å². The van der Waals surface area contributed by atoms with Gasteiger partial charge < -0.3 is 4.42 Å². The van der Waals surface area contributed by atoms with Gasteiger partial charge in [0, 0.05) is 16.5 Å². The van der Waals surface area contributed by atoms with Crippen LogP contribution in [0.4, 0.5) is 5.69 Å². The van der Waals surface area contributed by atoms with Crippen molar-refractivity contribution in [1.29, 1.82) is 0 Å². The summed E-state index contributed by atoms with van der Waals surface area (Å²) in [4.78, 5) is 0. The average molecular weight is 512 g/mol. The predicted molar refractivity (Wildman–Crippen MR) is 131 cm³/mol. The van der Waals surface area contributed by atoms with Gasteiger partial charge in [-0.2, -0.15) is 5.10 Å². The number of furan rings is 1. The van der Waals surface area contributed by atoms with Gasteiger partial charge in [-0.3, -0.25) is 5.01 Å². The monoisotopic (exact) mass is 510 g/mol. The summed E-state index contributed by atoms with van der Waals surface area (Å²) in [6.07, 6.45) is 0.715. The first-order valence-corrected chi connectivity index (χ1v) is 11.4. The highest BCUT2D eigenvalue weighted by atomic mass is 79.9. The average Bonchev–Trinajstić information content (AvgIpc) is 3.44. The van der Waals surface area contributed by atoms with Gasteiger partial charge in [-0.05, 0) is 42.0 Å². The summed E-state index contributed by atoms with van der Waals surface area (Å²) in [7, 11) is 0. The molecule has 0 radical (unpaired) electrons. The van der Waals surface area contributed by atoms with Crippen molar-refractivity contribution >= 4 is 50.5 Å². The SMILES string of the molecule is Clc1ccc(N2N=C(c3ccccc3)CC2c2ccc(-c3ccccc3Br)o2)cc1Cl. The molecular weight excluding hydrogens is 495 g/mol. The molecule has 0 amide bonds. The lowest BCUT2D eigenvalue weighted by Gasteiger charge is -2.22. The van der Waals surface area contributed by atoms with E-state index in [1.807, 2.05) is 71.7 Å². The molecule has 3 aromatic carbocycles. The van der Waals surface area contributed by atoms with Crippen LogP contribution < -0.4 is 5.01 Å². The van der Waals surface area contributed by atoms with E-state index < -0.39 is 0 Å². The van der Waals surface area contributed by atoms with Crippen molar-refractivity contribution in [1.82, 2.24) is 0 Å². The maximum Gasteiger partial charge on any atom is 0.135 e. The van der Waals surface area contributed by atoms with Crippen LogP contribution in [0, 0.1) is 0 Å². The Morgan fingerprint density at radius 2 is 1.65 bits per heavy atom. The molecule has 1 aromatic heterocycles. The first kappa shape index (κ1) is 20.4. The Bertz CT molecular complexity index is 1270. The second kappa shape index (κ2) is 8.54. The molecule has 5 rings (SSSR count). The molecule has 6 heteroatoms. The van der Waals surface area contributed by atoms with Crippen LogP contribution >= 0.6 is 39.1 Å². The normalized spacial score (nSPS) is 15.9. The lowest BCUT2D eigenvalue weighted by atomic mass is 10.0. The molecule has 0 bridgehead atoms. The summed E-state index contributed by atoms with van der Waals surface area (Å²) in [5.74, 6) is 1.65. The quantitative estimate of drug-likeness (QED) is 0.275. The lowest BCUT2D eigenvalue weighted by Crippen LogP contribution is -2.18. The largest absolute Gasteiger partial charge is 0.459 e.